The molecule has 0 aliphatic heterocycles. The Balaban J connectivity index is 2.45. The van der Waals surface area contributed by atoms with Crippen LogP contribution in [0.25, 0.3) is 0 Å². The van der Waals surface area contributed by atoms with Crippen LogP contribution >= 0.6 is 0 Å². The van der Waals surface area contributed by atoms with E-state index in [0.717, 1.165) is 5.56 Å². The molecule has 2 aromatic rings. The van der Waals surface area contributed by atoms with Gasteiger partial charge in [-0.2, -0.15) is 0 Å². The number of aliphatic hydroxyl groups is 1. The number of nitrogens with zero attached hydrogens (tertiary/aromatic N) is 3. The third kappa shape index (κ3) is 1.77. The van der Waals surface area contributed by atoms with Gasteiger partial charge in [0.1, 0.15) is 17.7 Å². The monoisotopic (exact) mass is 218 g/mol. The van der Waals surface area contributed by atoms with Crippen molar-refractivity contribution >= 4 is 5.82 Å². The van der Waals surface area contributed by atoms with E-state index in [-0.39, 0.29) is 0 Å². The van der Waals surface area contributed by atoms with Gasteiger partial charge in [-0.15, -0.1) is 0 Å². The first kappa shape index (κ1) is 10.6. The number of aliphatic hydroxyl groups excluding tert-OH is 1. The molecule has 1 atom stereocenters. The van der Waals surface area contributed by atoms with Crippen LogP contribution in [0.3, 0.4) is 0 Å². The minimum Gasteiger partial charge on any atom is -0.383 e. The Bertz CT molecular complexity index is 506. The quantitative estimate of drug-likeness (QED) is 0.781. The molecule has 0 spiro atoms. The normalized spacial score (nSPS) is 12.7. The van der Waals surface area contributed by atoms with Crippen LogP contribution in [0, 0.1) is 6.92 Å². The van der Waals surface area contributed by atoms with Crippen molar-refractivity contribution in [2.75, 3.05) is 5.73 Å². The van der Waals surface area contributed by atoms with Gasteiger partial charge in [-0.25, -0.2) is 9.97 Å². The third-order valence-electron chi connectivity index (χ3n) is 2.48. The van der Waals surface area contributed by atoms with E-state index >= 15 is 0 Å². The number of anilines is 1. The molecule has 0 aromatic carbocycles. The zero-order valence-electron chi connectivity index (χ0n) is 9.25. The summed E-state index contributed by atoms with van der Waals surface area (Å²) in [5.74, 6) is 0.889. The van der Waals surface area contributed by atoms with Crippen molar-refractivity contribution in [3.63, 3.8) is 0 Å². The third-order valence-corrected chi connectivity index (χ3v) is 2.48. The fraction of sp³-hybridized carbons (Fsp3) is 0.273. The molecule has 3 N–H and O–H groups in total. The van der Waals surface area contributed by atoms with Crippen molar-refractivity contribution < 1.29 is 5.11 Å². The van der Waals surface area contributed by atoms with Crippen molar-refractivity contribution in [1.29, 1.82) is 0 Å². The van der Waals surface area contributed by atoms with Crippen LogP contribution in [-0.2, 0) is 7.05 Å². The molecule has 0 bridgehead atoms. The van der Waals surface area contributed by atoms with E-state index in [2.05, 4.69) is 9.97 Å². The van der Waals surface area contributed by atoms with Gasteiger partial charge in [-0.3, -0.25) is 0 Å². The molecular formula is C11H14N4O. The van der Waals surface area contributed by atoms with Crippen LogP contribution in [0.4, 0.5) is 5.82 Å². The van der Waals surface area contributed by atoms with Crippen LogP contribution in [-0.4, -0.2) is 19.6 Å². The zero-order chi connectivity index (χ0) is 11.7. The SMILES string of the molecule is Cc1cnc(N)c(C(O)c2nccn2C)c1. The van der Waals surface area contributed by atoms with E-state index in [1.165, 1.54) is 0 Å². The smallest absolute Gasteiger partial charge is 0.142 e. The van der Waals surface area contributed by atoms with E-state index in [0.29, 0.717) is 17.2 Å². The summed E-state index contributed by atoms with van der Waals surface area (Å²) in [6, 6.07) is 1.82. The number of nitrogen functional groups attached to an aromatic ring is 1. The number of aryl methyl sites for hydroxylation is 2. The number of imidazole rings is 1. The van der Waals surface area contributed by atoms with Gasteiger partial charge in [-0.05, 0) is 18.6 Å². The molecule has 0 aliphatic carbocycles. The largest absolute Gasteiger partial charge is 0.383 e. The second kappa shape index (κ2) is 3.94. The lowest BCUT2D eigenvalue weighted by Crippen LogP contribution is -2.10. The summed E-state index contributed by atoms with van der Waals surface area (Å²) in [6.45, 7) is 1.90. The number of nitrogens with two attached hydrogens (primary N) is 1. The Kier molecular flexibility index (Phi) is 2.62. The molecule has 0 aliphatic rings. The average Bonchev–Trinajstić information content (AvgIpc) is 2.67. The number of aromatic nitrogens is 3. The minimum absolute atomic E-state index is 0.334. The lowest BCUT2D eigenvalue weighted by atomic mass is 10.1. The summed E-state index contributed by atoms with van der Waals surface area (Å²) >= 11 is 0. The molecule has 2 rings (SSSR count). The highest BCUT2D eigenvalue weighted by molar-refractivity contribution is 5.44. The molecule has 5 heteroatoms. The number of rotatable bonds is 2. The first-order valence-electron chi connectivity index (χ1n) is 4.97. The fourth-order valence-corrected chi connectivity index (χ4v) is 1.60. The lowest BCUT2D eigenvalue weighted by molar-refractivity contribution is 0.206. The van der Waals surface area contributed by atoms with Gasteiger partial charge < -0.3 is 15.4 Å². The van der Waals surface area contributed by atoms with E-state index in [1.54, 1.807) is 23.2 Å². The second-order valence-corrected chi connectivity index (χ2v) is 3.79. The summed E-state index contributed by atoms with van der Waals surface area (Å²) < 4.78 is 1.76. The van der Waals surface area contributed by atoms with E-state index < -0.39 is 6.10 Å². The maximum Gasteiger partial charge on any atom is 0.142 e. The molecular weight excluding hydrogens is 204 g/mol. The van der Waals surface area contributed by atoms with Crippen molar-refractivity contribution in [2.45, 2.75) is 13.0 Å². The van der Waals surface area contributed by atoms with Crippen LogP contribution < -0.4 is 5.73 Å². The van der Waals surface area contributed by atoms with Gasteiger partial charge in [0.15, 0.2) is 0 Å². The molecule has 16 heavy (non-hydrogen) atoms. The highest BCUT2D eigenvalue weighted by Crippen LogP contribution is 2.24. The number of pyridine rings is 1. The van der Waals surface area contributed by atoms with Crippen molar-refractivity contribution in [2.24, 2.45) is 7.05 Å². The minimum atomic E-state index is -0.840. The van der Waals surface area contributed by atoms with E-state index in [4.69, 9.17) is 5.73 Å². The topological polar surface area (TPSA) is 77.0 Å². The Hall–Kier alpha value is -1.88. The van der Waals surface area contributed by atoms with Crippen molar-refractivity contribution in [3.8, 4) is 0 Å². The maximum atomic E-state index is 10.2. The average molecular weight is 218 g/mol. The Morgan fingerprint density at radius 1 is 1.44 bits per heavy atom. The number of hydrogen-bond donors (Lipinski definition) is 2. The zero-order valence-corrected chi connectivity index (χ0v) is 9.25. The molecule has 84 valence electrons. The Morgan fingerprint density at radius 3 is 2.81 bits per heavy atom. The molecule has 5 nitrogen and oxygen atoms in total. The van der Waals surface area contributed by atoms with Gasteiger partial charge in [0.05, 0.1) is 0 Å². The van der Waals surface area contributed by atoms with Crippen LogP contribution in [0.15, 0.2) is 24.7 Å². The molecule has 0 fully saturated rings. The Morgan fingerprint density at radius 2 is 2.19 bits per heavy atom. The predicted molar refractivity (Wildman–Crippen MR) is 60.7 cm³/mol. The first-order valence-corrected chi connectivity index (χ1v) is 4.97. The van der Waals surface area contributed by atoms with E-state index in [1.807, 2.05) is 20.0 Å². The van der Waals surface area contributed by atoms with Gasteiger partial charge in [-0.1, -0.05) is 0 Å². The molecule has 0 radical (unpaired) electrons. The highest BCUT2D eigenvalue weighted by atomic mass is 16.3. The molecule has 2 heterocycles. The highest BCUT2D eigenvalue weighted by Gasteiger charge is 2.18. The summed E-state index contributed by atoms with van der Waals surface area (Å²) in [5.41, 5.74) is 7.29. The summed E-state index contributed by atoms with van der Waals surface area (Å²) in [5, 5.41) is 10.2. The van der Waals surface area contributed by atoms with Crippen molar-refractivity contribution in [1.82, 2.24) is 14.5 Å². The molecule has 0 saturated carbocycles. The molecule has 1 unspecified atom stereocenters. The summed E-state index contributed by atoms with van der Waals surface area (Å²) in [7, 11) is 1.82. The van der Waals surface area contributed by atoms with Gasteiger partial charge in [0.2, 0.25) is 0 Å². The van der Waals surface area contributed by atoms with Gasteiger partial charge >= 0.3 is 0 Å². The standard InChI is InChI=1S/C11H14N4O/c1-7-5-8(10(12)14-6-7)9(16)11-13-3-4-15(11)2/h3-6,9,16H,1-2H3,(H2,12,14). The van der Waals surface area contributed by atoms with Gasteiger partial charge in [0, 0.05) is 31.2 Å². The van der Waals surface area contributed by atoms with Gasteiger partial charge in [0.25, 0.3) is 0 Å². The van der Waals surface area contributed by atoms with Crippen LogP contribution in [0.1, 0.15) is 23.1 Å². The number of hydrogen-bond acceptors (Lipinski definition) is 4. The Labute approximate surface area is 93.6 Å². The van der Waals surface area contributed by atoms with Crippen LogP contribution in [0.2, 0.25) is 0 Å². The fourth-order valence-electron chi connectivity index (χ4n) is 1.60. The van der Waals surface area contributed by atoms with Crippen molar-refractivity contribution in [3.05, 3.63) is 41.6 Å². The first-order chi connectivity index (χ1) is 7.59. The van der Waals surface area contributed by atoms with Crippen LogP contribution in [0.5, 0.6) is 0 Å². The summed E-state index contributed by atoms with van der Waals surface area (Å²) in [6.07, 6.45) is 4.24. The van der Waals surface area contributed by atoms with E-state index in [9.17, 15) is 5.11 Å². The predicted octanol–water partition coefficient (Wildman–Crippen LogP) is 0.787. The molecule has 0 saturated heterocycles. The maximum absolute atomic E-state index is 10.2. The molecule has 0 amide bonds. The lowest BCUT2D eigenvalue weighted by Gasteiger charge is -2.13. The second-order valence-electron chi connectivity index (χ2n) is 3.79. The molecule has 2 aromatic heterocycles. The summed E-state index contributed by atoms with van der Waals surface area (Å²) in [4.78, 5) is 8.11.